The van der Waals surface area contributed by atoms with Crippen molar-refractivity contribution in [1.82, 2.24) is 0 Å². The van der Waals surface area contributed by atoms with Crippen LogP contribution in [-0.4, -0.2) is 27.2 Å². The van der Waals surface area contributed by atoms with Crippen molar-refractivity contribution in [1.29, 1.82) is 0 Å². The van der Waals surface area contributed by atoms with Gasteiger partial charge >= 0.3 is 7.12 Å². The van der Waals surface area contributed by atoms with Crippen LogP contribution in [0, 0.1) is 6.92 Å². The molecule has 0 saturated heterocycles. The Kier molecular flexibility index (Phi) is 4.08. The predicted molar refractivity (Wildman–Crippen MR) is 85.8 cm³/mol. The zero-order valence-electron chi connectivity index (χ0n) is 12.3. The molecule has 0 atom stereocenters. The summed E-state index contributed by atoms with van der Waals surface area (Å²) < 4.78 is 30.4. The average Bonchev–Trinajstić information content (AvgIpc) is 2.48. The Morgan fingerprint density at radius 3 is 2.77 bits per heavy atom. The number of hydrogen-bond donors (Lipinski definition) is 1. The van der Waals surface area contributed by atoms with E-state index >= 15 is 0 Å². The van der Waals surface area contributed by atoms with Crippen LogP contribution >= 0.6 is 0 Å². The fourth-order valence-electron chi connectivity index (χ4n) is 2.76. The molecule has 114 valence electrons. The summed E-state index contributed by atoms with van der Waals surface area (Å²) in [7, 11) is -4.38. The van der Waals surface area contributed by atoms with Crippen molar-refractivity contribution in [2.24, 2.45) is 0 Å². The summed E-state index contributed by atoms with van der Waals surface area (Å²) >= 11 is 0. The maximum atomic E-state index is 12.6. The highest BCUT2D eigenvalue weighted by Gasteiger charge is 2.26. The minimum Gasteiger partial charge on any atom is -0.423 e. The molecular weight excluding hydrogens is 299 g/mol. The van der Waals surface area contributed by atoms with Crippen molar-refractivity contribution in [3.63, 3.8) is 0 Å². The lowest BCUT2D eigenvalue weighted by Gasteiger charge is -2.19. The van der Waals surface area contributed by atoms with Crippen molar-refractivity contribution in [3.05, 3.63) is 59.2 Å². The molecule has 2 aromatic rings. The molecule has 6 heteroatoms. The Bertz CT molecular complexity index is 802. The first-order chi connectivity index (χ1) is 10.5. The van der Waals surface area contributed by atoms with Gasteiger partial charge in [0.15, 0.2) is 9.84 Å². The van der Waals surface area contributed by atoms with Gasteiger partial charge in [-0.3, -0.25) is 0 Å². The molecule has 2 aromatic carbocycles. The van der Waals surface area contributed by atoms with Gasteiger partial charge < -0.3 is 9.68 Å². The molecule has 1 heterocycles. The normalized spacial score (nSPS) is 14.7. The van der Waals surface area contributed by atoms with E-state index in [0.29, 0.717) is 22.5 Å². The summed E-state index contributed by atoms with van der Waals surface area (Å²) in [4.78, 5) is 0.351. The first-order valence-corrected chi connectivity index (χ1v) is 8.82. The van der Waals surface area contributed by atoms with Crippen molar-refractivity contribution < 1.29 is 18.1 Å². The van der Waals surface area contributed by atoms with Gasteiger partial charge in [0.1, 0.15) is 0 Å². The van der Waals surface area contributed by atoms with E-state index < -0.39 is 17.0 Å². The molecule has 1 N–H and O–H groups in total. The van der Waals surface area contributed by atoms with Crippen LogP contribution in [0.2, 0.25) is 0 Å². The van der Waals surface area contributed by atoms with Crippen LogP contribution < -0.4 is 5.46 Å². The number of benzene rings is 2. The van der Waals surface area contributed by atoms with Gasteiger partial charge in [-0.1, -0.05) is 36.4 Å². The molecule has 0 unspecified atom stereocenters. The molecule has 0 spiro atoms. The van der Waals surface area contributed by atoms with Crippen LogP contribution in [0.25, 0.3) is 0 Å². The minimum absolute atomic E-state index is 0.0855. The standard InChI is InChI=1S/C16H17BO4S/c1-12-4-2-3-5-16(12)22(19,20)11-13-6-7-14-8-9-21-17(18)15(14)10-13/h2-7,10,18H,8-9,11H2,1H3. The number of hydrogen-bond acceptors (Lipinski definition) is 4. The van der Waals surface area contributed by atoms with Gasteiger partial charge in [0.25, 0.3) is 0 Å². The van der Waals surface area contributed by atoms with Crippen molar-refractivity contribution in [2.45, 2.75) is 24.0 Å². The summed E-state index contributed by atoms with van der Waals surface area (Å²) in [6.07, 6.45) is 0.733. The van der Waals surface area contributed by atoms with Crippen LogP contribution in [0.3, 0.4) is 0 Å². The van der Waals surface area contributed by atoms with Gasteiger partial charge in [-0.25, -0.2) is 8.42 Å². The van der Waals surface area contributed by atoms with Gasteiger partial charge in [0, 0.05) is 6.61 Å². The maximum absolute atomic E-state index is 12.6. The quantitative estimate of drug-likeness (QED) is 0.865. The maximum Gasteiger partial charge on any atom is 0.491 e. The van der Waals surface area contributed by atoms with E-state index in [1.807, 2.05) is 18.2 Å². The first kappa shape index (κ1) is 15.3. The molecule has 0 aromatic heterocycles. The zero-order valence-corrected chi connectivity index (χ0v) is 13.1. The van der Waals surface area contributed by atoms with Crippen molar-refractivity contribution in [2.75, 3.05) is 6.61 Å². The molecule has 0 amide bonds. The summed E-state index contributed by atoms with van der Waals surface area (Å²) in [5.74, 6) is -0.0855. The Hall–Kier alpha value is -1.63. The largest absolute Gasteiger partial charge is 0.491 e. The van der Waals surface area contributed by atoms with Gasteiger partial charge in [0.2, 0.25) is 0 Å². The summed E-state index contributed by atoms with van der Waals surface area (Å²) in [5, 5.41) is 9.87. The molecular formula is C16H17BO4S. The Morgan fingerprint density at radius 2 is 2.00 bits per heavy atom. The summed E-state index contributed by atoms with van der Waals surface area (Å²) in [5.41, 5.74) is 3.08. The minimum atomic E-state index is -3.41. The molecule has 22 heavy (non-hydrogen) atoms. The smallest absolute Gasteiger partial charge is 0.423 e. The fourth-order valence-corrected chi connectivity index (χ4v) is 4.38. The van der Waals surface area contributed by atoms with E-state index in [9.17, 15) is 13.4 Å². The number of sulfone groups is 1. The van der Waals surface area contributed by atoms with Crippen LogP contribution in [0.15, 0.2) is 47.4 Å². The van der Waals surface area contributed by atoms with Crippen molar-refractivity contribution >= 4 is 22.4 Å². The van der Waals surface area contributed by atoms with E-state index in [1.165, 1.54) is 0 Å². The highest BCUT2D eigenvalue weighted by Crippen LogP contribution is 2.20. The molecule has 1 aliphatic rings. The molecule has 0 aliphatic carbocycles. The Balaban J connectivity index is 1.93. The zero-order chi connectivity index (χ0) is 15.7. The number of fused-ring (bicyclic) bond motifs is 1. The highest BCUT2D eigenvalue weighted by molar-refractivity contribution is 7.90. The van der Waals surface area contributed by atoms with E-state index in [4.69, 9.17) is 4.65 Å². The van der Waals surface area contributed by atoms with E-state index in [1.54, 1.807) is 31.2 Å². The Labute approximate surface area is 130 Å². The second-order valence-corrected chi connectivity index (χ2v) is 7.49. The molecule has 0 bridgehead atoms. The van der Waals surface area contributed by atoms with Gasteiger partial charge in [-0.15, -0.1) is 0 Å². The second kappa shape index (κ2) is 5.87. The second-order valence-electron chi connectivity index (χ2n) is 5.53. The van der Waals surface area contributed by atoms with Gasteiger partial charge in [-0.05, 0) is 41.6 Å². The Morgan fingerprint density at radius 1 is 1.23 bits per heavy atom. The third-order valence-corrected chi connectivity index (χ3v) is 5.75. The summed E-state index contributed by atoms with van der Waals surface area (Å²) in [6, 6.07) is 12.4. The molecule has 0 radical (unpaired) electrons. The van der Waals surface area contributed by atoms with Crippen LogP contribution in [0.4, 0.5) is 0 Å². The third-order valence-electron chi connectivity index (χ3n) is 3.91. The number of rotatable bonds is 3. The van der Waals surface area contributed by atoms with Crippen molar-refractivity contribution in [3.8, 4) is 0 Å². The molecule has 4 nitrogen and oxygen atoms in total. The third kappa shape index (κ3) is 2.95. The summed E-state index contributed by atoms with van der Waals surface area (Å²) in [6.45, 7) is 2.27. The van der Waals surface area contributed by atoms with Crippen LogP contribution in [0.1, 0.15) is 16.7 Å². The molecule has 1 aliphatic heterocycles. The van der Waals surface area contributed by atoms with E-state index in [-0.39, 0.29) is 5.75 Å². The lowest BCUT2D eigenvalue weighted by molar-refractivity contribution is 0.266. The highest BCUT2D eigenvalue weighted by atomic mass is 32.2. The SMILES string of the molecule is Cc1ccccc1S(=O)(=O)Cc1ccc2c(c1)B(O)OCC2. The van der Waals surface area contributed by atoms with E-state index in [0.717, 1.165) is 17.5 Å². The first-order valence-electron chi connectivity index (χ1n) is 7.17. The van der Waals surface area contributed by atoms with Crippen LogP contribution in [-0.2, 0) is 26.7 Å². The van der Waals surface area contributed by atoms with Gasteiger partial charge in [0.05, 0.1) is 10.6 Å². The lowest BCUT2D eigenvalue weighted by Crippen LogP contribution is -2.41. The number of aryl methyl sites for hydroxylation is 1. The monoisotopic (exact) mass is 316 g/mol. The topological polar surface area (TPSA) is 63.6 Å². The predicted octanol–water partition coefficient (Wildman–Crippen LogP) is 1.23. The fraction of sp³-hybridized carbons (Fsp3) is 0.250. The molecule has 0 saturated carbocycles. The lowest BCUT2D eigenvalue weighted by atomic mass is 9.73. The molecule has 3 rings (SSSR count). The molecule has 0 fully saturated rings. The van der Waals surface area contributed by atoms with Crippen LogP contribution in [0.5, 0.6) is 0 Å². The van der Waals surface area contributed by atoms with Gasteiger partial charge in [-0.2, -0.15) is 0 Å². The van der Waals surface area contributed by atoms with E-state index in [2.05, 4.69) is 0 Å². The average molecular weight is 316 g/mol.